The van der Waals surface area contributed by atoms with Gasteiger partial charge in [-0.05, 0) is 142 Å². The van der Waals surface area contributed by atoms with Gasteiger partial charge in [0.25, 0.3) is 0 Å². The Morgan fingerprint density at radius 3 is 1.26 bits per heavy atom. The minimum absolute atomic E-state index is 0.0510. The van der Waals surface area contributed by atoms with E-state index in [2.05, 4.69) is 360 Å². The highest BCUT2D eigenvalue weighted by Crippen LogP contribution is 2.51. The summed E-state index contributed by atoms with van der Waals surface area (Å²) in [5, 5.41) is 17.7. The zero-order valence-corrected chi connectivity index (χ0v) is 68.9. The Hall–Kier alpha value is -16.1. The molecule has 2 aliphatic rings. The smallest absolute Gasteiger partial charge is 0.161 e. The van der Waals surface area contributed by atoms with E-state index in [9.17, 15) is 0 Å². The van der Waals surface area contributed by atoms with Crippen molar-refractivity contribution in [2.75, 3.05) is 6.67 Å². The number of pyridine rings is 2. The van der Waals surface area contributed by atoms with E-state index in [0.29, 0.717) is 18.3 Å². The van der Waals surface area contributed by atoms with Gasteiger partial charge in [0.2, 0.25) is 0 Å². The molecule has 11 heteroatoms. The molecular weight excluding hydrogens is 1540 g/mol. The second-order valence-electron chi connectivity index (χ2n) is 32.8. The van der Waals surface area contributed by atoms with Crippen molar-refractivity contribution in [3.8, 4) is 135 Å². The van der Waals surface area contributed by atoms with E-state index in [1.54, 1.807) is 0 Å². The molecule has 0 atom stereocenters. The van der Waals surface area contributed by atoms with Crippen molar-refractivity contribution >= 4 is 109 Å². The van der Waals surface area contributed by atoms with Crippen LogP contribution in [-0.4, -0.2) is 45.3 Å². The predicted molar refractivity (Wildman–Crippen MR) is 515 cm³/mol. The third kappa shape index (κ3) is 12.4. The van der Waals surface area contributed by atoms with Crippen molar-refractivity contribution in [2.45, 2.75) is 19.3 Å². The topological polar surface area (TPSA) is 128 Å². The van der Waals surface area contributed by atoms with E-state index in [1.807, 2.05) is 42.5 Å². The minimum Gasteiger partial charge on any atom is -0.259 e. The van der Waals surface area contributed by atoms with Gasteiger partial charge < -0.3 is 0 Å². The predicted octanol–water partition coefficient (Wildman–Crippen LogP) is 27.8. The minimum atomic E-state index is -0.0510. The second kappa shape index (κ2) is 29.7. The van der Waals surface area contributed by atoms with Crippen LogP contribution in [0.15, 0.2) is 398 Å². The third-order valence-corrected chi connectivity index (χ3v) is 25.8. The Labute approximate surface area is 723 Å². The van der Waals surface area contributed by atoms with Crippen LogP contribution in [0, 0.1) is 0 Å². The molecule has 0 saturated heterocycles. The fourth-order valence-corrected chi connectivity index (χ4v) is 19.8. The van der Waals surface area contributed by atoms with Gasteiger partial charge in [0, 0.05) is 93.4 Å². The normalized spacial score (nSPS) is 12.6. The first-order valence-corrected chi connectivity index (χ1v) is 43.0. The molecule has 23 aromatic rings. The lowest BCUT2D eigenvalue weighted by atomic mass is 9.81. The average molecular weight is 1610 g/mol. The second-order valence-corrected chi connectivity index (χ2v) is 33.4. The van der Waals surface area contributed by atoms with E-state index in [4.69, 9.17) is 48.6 Å². The lowest BCUT2D eigenvalue weighted by Crippen LogP contribution is -2.25. The Kier molecular flexibility index (Phi) is 17.3. The van der Waals surface area contributed by atoms with Crippen LogP contribution in [0.4, 0.5) is 0 Å². The summed E-state index contributed by atoms with van der Waals surface area (Å²) >= 11 is 1.25. The maximum absolute atomic E-state index is 5.46. The Morgan fingerprint density at radius 1 is 0.232 bits per heavy atom. The molecule has 6 heterocycles. The van der Waals surface area contributed by atoms with Gasteiger partial charge in [-0.2, -0.15) is 8.75 Å². The van der Waals surface area contributed by atoms with Crippen molar-refractivity contribution in [1.82, 2.24) is 38.7 Å². The molecular formula is C114H72N10S. The molecule has 18 aromatic carbocycles. The van der Waals surface area contributed by atoms with Crippen molar-refractivity contribution < 1.29 is 0 Å². The molecule has 0 unspecified atom stereocenters. The van der Waals surface area contributed by atoms with Gasteiger partial charge in [-0.15, -0.1) is 0 Å². The molecule has 0 spiro atoms. The molecule has 25 rings (SSSR count). The van der Waals surface area contributed by atoms with Crippen LogP contribution in [0.1, 0.15) is 25.0 Å². The molecule has 1 aliphatic heterocycles. The fraction of sp³-hybridized carbons (Fsp3) is 0.0351. The number of para-hydroxylation sites is 2. The van der Waals surface area contributed by atoms with Crippen LogP contribution < -0.4 is 10.7 Å². The van der Waals surface area contributed by atoms with Gasteiger partial charge >= 0.3 is 0 Å². The van der Waals surface area contributed by atoms with Crippen LogP contribution in [0.3, 0.4) is 0 Å². The summed E-state index contributed by atoms with van der Waals surface area (Å²) in [7, 11) is 0. The number of rotatable bonds is 11. The van der Waals surface area contributed by atoms with Crippen LogP contribution in [0.5, 0.6) is 0 Å². The van der Waals surface area contributed by atoms with Crippen molar-refractivity contribution in [3.63, 3.8) is 0 Å². The number of fused-ring (bicyclic) bond motifs is 19. The van der Waals surface area contributed by atoms with Gasteiger partial charge in [-0.1, -0.05) is 347 Å². The summed E-state index contributed by atoms with van der Waals surface area (Å²) in [6.45, 7) is 5.07. The lowest BCUT2D eigenvalue weighted by molar-refractivity contribution is 0.660. The standard InChI is InChI=1S/C57H33N5S.C57H39N5/c1-2-14-36(15-3-1)54-49-32-46(55-56(62-63-61-55)53(49)45-24-12-13-25-50(45)58-54)34-26-28-35(29-27-34)51-33-52(47-30-37-16-4-6-18-39(37)41-20-8-10-22-43(41)47)60-57(59-51)48-31-38-17-5-7-19-40(38)42-21-9-11-23-44(42)48;1-57(2)47-19-11-9-17-42(47)43-30-29-41(31-48(43)57)35-21-25-37(26-22-35)50-33-51(62-56(61-50)40-15-7-4-8-16-40)38-27-23-36(24-28-38)45-32-46-52(55-54(45)58-34-59-55)44-18-10-12-20-49(44)60-53(46)39-13-5-3-6-14-39/h1-33H;3-33H,34H2,1-2H3. The van der Waals surface area contributed by atoms with E-state index >= 15 is 0 Å². The molecule has 0 radical (unpaired) electrons. The molecule has 125 heavy (non-hydrogen) atoms. The van der Waals surface area contributed by atoms with Gasteiger partial charge in [-0.25, -0.2) is 29.9 Å². The summed E-state index contributed by atoms with van der Waals surface area (Å²) in [6.07, 6.45) is 0. The highest BCUT2D eigenvalue weighted by atomic mass is 32.1. The van der Waals surface area contributed by atoms with Gasteiger partial charge in [0.15, 0.2) is 11.6 Å². The molecule has 0 bridgehead atoms. The van der Waals surface area contributed by atoms with Crippen molar-refractivity contribution in [2.24, 2.45) is 9.98 Å². The molecule has 10 nitrogen and oxygen atoms in total. The average Bonchev–Trinajstić information content (AvgIpc) is 1.73. The van der Waals surface area contributed by atoms with E-state index < -0.39 is 0 Å². The molecule has 5 aromatic heterocycles. The van der Waals surface area contributed by atoms with Gasteiger partial charge in [0.1, 0.15) is 17.7 Å². The summed E-state index contributed by atoms with van der Waals surface area (Å²) in [5.74, 6) is 1.37. The molecule has 584 valence electrons. The SMILES string of the molecule is CC1(C)c2ccccc2-c2ccc(-c3ccc(-c4cc(-c5ccc(-c6cc7c(-c8ccccc8)nc8ccccc8c7c7c6=NCN=7)cc5)nc(-c5ccccc5)n4)cc3)cc21.c1ccc(-c2nc3ccccc3c3c2cc(-c2ccc(-c4cc(-c5cc6ccccc6c6ccccc56)nc(-c5cc6ccccc6c6ccccc56)n4)cc2)c2nsnc23)cc1. The molecule has 0 fully saturated rings. The van der Waals surface area contributed by atoms with Gasteiger partial charge in [-0.3, -0.25) is 9.98 Å². The van der Waals surface area contributed by atoms with E-state index in [-0.39, 0.29) is 5.41 Å². The number of hydrogen-bond donors (Lipinski definition) is 0. The molecule has 1 aliphatic carbocycles. The van der Waals surface area contributed by atoms with E-state index in [1.165, 1.54) is 72.0 Å². The summed E-state index contributed by atoms with van der Waals surface area (Å²) in [5.41, 5.74) is 29.1. The van der Waals surface area contributed by atoms with Crippen molar-refractivity contribution in [3.05, 3.63) is 410 Å². The van der Waals surface area contributed by atoms with Crippen molar-refractivity contribution in [1.29, 1.82) is 0 Å². The first-order valence-electron chi connectivity index (χ1n) is 42.3. The van der Waals surface area contributed by atoms with Gasteiger partial charge in [0.05, 0.1) is 67.6 Å². The third-order valence-electron chi connectivity index (χ3n) is 25.3. The quantitative estimate of drug-likeness (QED) is 0.117. The highest BCUT2D eigenvalue weighted by Gasteiger charge is 2.36. The zero-order valence-electron chi connectivity index (χ0n) is 68.0. The first-order chi connectivity index (χ1) is 61.7. The number of aromatic nitrogens is 8. The molecule has 0 N–H and O–H groups in total. The maximum Gasteiger partial charge on any atom is 0.161 e. The lowest BCUT2D eigenvalue weighted by Gasteiger charge is -2.22. The van der Waals surface area contributed by atoms with Crippen LogP contribution in [0.2, 0.25) is 0 Å². The first kappa shape index (κ1) is 72.9. The summed E-state index contributed by atoms with van der Waals surface area (Å²) in [4.78, 5) is 41.5. The number of nitrogens with zero attached hydrogens (tertiary/aromatic N) is 10. The molecule has 0 saturated carbocycles. The number of benzene rings is 18. The summed E-state index contributed by atoms with van der Waals surface area (Å²) in [6, 6.07) is 137. The Morgan fingerprint density at radius 2 is 0.648 bits per heavy atom. The van der Waals surface area contributed by atoms with Crippen LogP contribution in [-0.2, 0) is 5.41 Å². The highest BCUT2D eigenvalue weighted by molar-refractivity contribution is 7.00. The largest absolute Gasteiger partial charge is 0.259 e. The number of hydrogen-bond acceptors (Lipinski definition) is 11. The van der Waals surface area contributed by atoms with Crippen LogP contribution in [0.25, 0.3) is 232 Å². The molecule has 0 amide bonds. The van der Waals surface area contributed by atoms with Crippen LogP contribution >= 0.6 is 11.7 Å². The Bertz CT molecular complexity index is 8370. The fourth-order valence-electron chi connectivity index (χ4n) is 19.2. The zero-order chi connectivity index (χ0) is 82.8. The monoisotopic (exact) mass is 1610 g/mol. The summed E-state index contributed by atoms with van der Waals surface area (Å²) < 4.78 is 9.83. The Balaban J connectivity index is 0.000000140. The van der Waals surface area contributed by atoms with E-state index in [0.717, 1.165) is 182 Å². The maximum atomic E-state index is 5.46.